The molecule has 2 aliphatic heterocycles. The monoisotopic (exact) mass is 517 g/mol. The van der Waals surface area contributed by atoms with Gasteiger partial charge in [-0.2, -0.15) is 4.80 Å². The third-order valence-corrected chi connectivity index (χ3v) is 7.49. The smallest absolute Gasteiger partial charge is 0.327 e. The van der Waals surface area contributed by atoms with E-state index >= 15 is 0 Å². The van der Waals surface area contributed by atoms with Gasteiger partial charge in [0.1, 0.15) is 17.1 Å². The number of ether oxygens (including phenoxy) is 2. The van der Waals surface area contributed by atoms with Crippen LogP contribution in [0.4, 0.5) is 5.13 Å². The summed E-state index contributed by atoms with van der Waals surface area (Å²) < 4.78 is 12.3. The largest absolute Gasteiger partial charge is 0.496 e. The van der Waals surface area contributed by atoms with E-state index in [4.69, 9.17) is 14.6 Å². The van der Waals surface area contributed by atoms with Crippen LogP contribution in [0.3, 0.4) is 0 Å². The van der Waals surface area contributed by atoms with Crippen LogP contribution in [0, 0.1) is 0 Å². The average molecular weight is 518 g/mol. The van der Waals surface area contributed by atoms with E-state index in [0.717, 1.165) is 64.1 Å². The predicted molar refractivity (Wildman–Crippen MR) is 136 cm³/mol. The van der Waals surface area contributed by atoms with Gasteiger partial charge in [0.15, 0.2) is 11.6 Å². The van der Waals surface area contributed by atoms with Crippen molar-refractivity contribution in [2.24, 2.45) is 0 Å². The Labute approximate surface area is 216 Å². The number of nitrogens with zero attached hydrogens (tertiary/aromatic N) is 7. The molecule has 4 aromatic rings. The third-order valence-electron chi connectivity index (χ3n) is 6.51. The van der Waals surface area contributed by atoms with Crippen molar-refractivity contribution >= 4 is 28.0 Å². The second-order valence-electron chi connectivity index (χ2n) is 8.84. The van der Waals surface area contributed by atoms with Gasteiger partial charge in [-0.15, -0.1) is 20.4 Å². The SMILES string of the molecule is COc1ccccc1C1=CC2(CCN(c3nnc(-c4nnn(CC(=O)O)n4)s3)CC2)Oc2ccccc21. The molecule has 11 nitrogen and oxygen atoms in total. The van der Waals surface area contributed by atoms with Crippen molar-refractivity contribution in [1.29, 1.82) is 0 Å². The molecule has 1 fully saturated rings. The van der Waals surface area contributed by atoms with Crippen molar-refractivity contribution in [1.82, 2.24) is 30.4 Å². The molecule has 2 aliphatic rings. The van der Waals surface area contributed by atoms with Gasteiger partial charge in [0, 0.05) is 37.1 Å². The van der Waals surface area contributed by atoms with Crippen molar-refractivity contribution in [2.45, 2.75) is 25.0 Å². The Morgan fingerprint density at radius 3 is 2.62 bits per heavy atom. The molecule has 0 saturated carbocycles. The lowest BCUT2D eigenvalue weighted by atomic mass is 9.83. The fraction of sp³-hybridized carbons (Fsp3) is 0.280. The van der Waals surface area contributed by atoms with Gasteiger partial charge in [0.25, 0.3) is 0 Å². The molecule has 4 heterocycles. The summed E-state index contributed by atoms with van der Waals surface area (Å²) in [5, 5.41) is 30.4. The first-order chi connectivity index (χ1) is 18.0. The van der Waals surface area contributed by atoms with Crippen LogP contribution in [0.2, 0.25) is 0 Å². The number of carboxylic acids is 1. The second-order valence-corrected chi connectivity index (χ2v) is 9.79. The summed E-state index contributed by atoms with van der Waals surface area (Å²) in [6.45, 7) is 1.09. The van der Waals surface area contributed by atoms with Gasteiger partial charge in [-0.05, 0) is 29.0 Å². The van der Waals surface area contributed by atoms with Crippen LogP contribution in [-0.4, -0.2) is 67.3 Å². The fourth-order valence-electron chi connectivity index (χ4n) is 4.73. The number of hydrogen-bond acceptors (Lipinski definition) is 10. The molecule has 37 heavy (non-hydrogen) atoms. The topological polar surface area (TPSA) is 128 Å². The van der Waals surface area contributed by atoms with E-state index in [1.807, 2.05) is 36.4 Å². The average Bonchev–Trinajstić information content (AvgIpc) is 3.58. The Kier molecular flexibility index (Phi) is 5.80. The number of piperidine rings is 1. The number of rotatable bonds is 6. The summed E-state index contributed by atoms with van der Waals surface area (Å²) >= 11 is 1.36. The van der Waals surface area contributed by atoms with Gasteiger partial charge in [-0.1, -0.05) is 47.7 Å². The molecule has 0 radical (unpaired) electrons. The van der Waals surface area contributed by atoms with Crippen molar-refractivity contribution in [3.8, 4) is 22.3 Å². The molecule has 0 bridgehead atoms. The summed E-state index contributed by atoms with van der Waals surface area (Å²) in [5.74, 6) is 0.913. The maximum absolute atomic E-state index is 10.9. The lowest BCUT2D eigenvalue weighted by molar-refractivity contribution is -0.138. The number of carbonyl (C=O) groups is 1. The van der Waals surface area contributed by atoms with Gasteiger partial charge in [0.2, 0.25) is 11.0 Å². The molecule has 0 atom stereocenters. The van der Waals surface area contributed by atoms with Crippen molar-refractivity contribution in [2.75, 3.05) is 25.1 Å². The van der Waals surface area contributed by atoms with Gasteiger partial charge in [0.05, 0.1) is 7.11 Å². The highest BCUT2D eigenvalue weighted by Gasteiger charge is 2.40. The molecule has 0 amide bonds. The first kappa shape index (κ1) is 23.1. The zero-order chi connectivity index (χ0) is 25.4. The summed E-state index contributed by atoms with van der Waals surface area (Å²) in [4.78, 5) is 14.1. The lowest BCUT2D eigenvalue weighted by Crippen LogP contribution is -2.48. The van der Waals surface area contributed by atoms with Crippen molar-refractivity contribution in [3.05, 3.63) is 65.7 Å². The lowest BCUT2D eigenvalue weighted by Gasteiger charge is -2.43. The molecule has 1 saturated heterocycles. The molecule has 2 aromatic heterocycles. The minimum atomic E-state index is -1.04. The van der Waals surface area contributed by atoms with Gasteiger partial charge >= 0.3 is 5.97 Å². The predicted octanol–water partition coefficient (Wildman–Crippen LogP) is 3.15. The molecule has 0 aliphatic carbocycles. The highest BCUT2D eigenvalue weighted by molar-refractivity contribution is 7.18. The zero-order valence-corrected chi connectivity index (χ0v) is 20.8. The number of methoxy groups -OCH3 is 1. The van der Waals surface area contributed by atoms with Crippen LogP contribution >= 0.6 is 11.3 Å². The minimum Gasteiger partial charge on any atom is -0.496 e. The molecule has 0 unspecified atom stereocenters. The Balaban J connectivity index is 1.24. The van der Waals surface area contributed by atoms with Crippen LogP contribution in [-0.2, 0) is 11.3 Å². The quantitative estimate of drug-likeness (QED) is 0.407. The number of hydrogen-bond donors (Lipinski definition) is 1. The van der Waals surface area contributed by atoms with E-state index in [9.17, 15) is 4.79 Å². The van der Waals surface area contributed by atoms with Crippen LogP contribution in [0.1, 0.15) is 24.0 Å². The number of benzene rings is 2. The maximum atomic E-state index is 10.9. The van der Waals surface area contributed by atoms with E-state index in [-0.39, 0.29) is 12.4 Å². The van der Waals surface area contributed by atoms with Gasteiger partial charge < -0.3 is 19.5 Å². The molecule has 2 aromatic carbocycles. The molecule has 188 valence electrons. The number of para-hydroxylation sites is 2. The normalized spacial score (nSPS) is 16.1. The Hall–Kier alpha value is -4.32. The van der Waals surface area contributed by atoms with Crippen LogP contribution < -0.4 is 14.4 Å². The molecular weight excluding hydrogens is 494 g/mol. The molecule has 1 N–H and O–H groups in total. The summed E-state index contributed by atoms with van der Waals surface area (Å²) in [7, 11) is 1.69. The third kappa shape index (κ3) is 4.40. The van der Waals surface area contributed by atoms with Gasteiger partial charge in [-0.25, -0.2) is 0 Å². The first-order valence-corrected chi connectivity index (χ1v) is 12.6. The second kappa shape index (κ2) is 9.28. The van der Waals surface area contributed by atoms with E-state index in [1.165, 1.54) is 11.3 Å². The fourth-order valence-corrected chi connectivity index (χ4v) is 5.55. The Morgan fingerprint density at radius 1 is 1.08 bits per heavy atom. The zero-order valence-electron chi connectivity index (χ0n) is 19.9. The minimum absolute atomic E-state index is 0.259. The summed E-state index contributed by atoms with van der Waals surface area (Å²) in [6, 6.07) is 16.2. The number of aliphatic carboxylic acids is 1. The summed E-state index contributed by atoms with van der Waals surface area (Å²) in [5.41, 5.74) is 2.76. The van der Waals surface area contributed by atoms with Gasteiger partial charge in [-0.3, -0.25) is 4.79 Å². The highest BCUT2D eigenvalue weighted by Crippen LogP contribution is 2.45. The van der Waals surface area contributed by atoms with E-state index in [2.05, 4.69) is 48.7 Å². The van der Waals surface area contributed by atoms with Crippen LogP contribution in [0.25, 0.3) is 16.4 Å². The number of anilines is 1. The van der Waals surface area contributed by atoms with Crippen molar-refractivity contribution in [3.63, 3.8) is 0 Å². The van der Waals surface area contributed by atoms with E-state index in [1.54, 1.807) is 7.11 Å². The number of fused-ring (bicyclic) bond motifs is 1. The van der Waals surface area contributed by atoms with Crippen LogP contribution in [0.5, 0.6) is 11.5 Å². The number of carboxylic acid groups (broad SMARTS) is 1. The first-order valence-electron chi connectivity index (χ1n) is 11.8. The Morgan fingerprint density at radius 2 is 1.84 bits per heavy atom. The van der Waals surface area contributed by atoms with Crippen molar-refractivity contribution < 1.29 is 19.4 Å². The molecule has 1 spiro atoms. The Bertz CT molecular complexity index is 1490. The highest BCUT2D eigenvalue weighted by atomic mass is 32.1. The number of tetrazole rings is 1. The molecule has 12 heteroatoms. The standard InChI is InChI=1S/C25H23N7O4S/c1-35-19-8-4-2-6-16(19)18-14-25(36-20-9-5-3-7-17(18)20)10-12-31(13-11-25)24-28-27-23(37-24)22-26-30-32(29-22)15-21(33)34/h2-9,14H,10-13,15H2,1H3,(H,33,34). The van der Waals surface area contributed by atoms with E-state index in [0.29, 0.717) is 5.01 Å². The maximum Gasteiger partial charge on any atom is 0.327 e. The van der Waals surface area contributed by atoms with Crippen LogP contribution in [0.15, 0.2) is 54.6 Å². The van der Waals surface area contributed by atoms with E-state index < -0.39 is 11.6 Å². The molecular formula is C25H23N7O4S. The molecule has 6 rings (SSSR count). The summed E-state index contributed by atoms with van der Waals surface area (Å²) in [6.07, 6.45) is 3.78. The number of aromatic nitrogens is 6.